The Morgan fingerprint density at radius 1 is 1.04 bits per heavy atom. The van der Waals surface area contributed by atoms with Gasteiger partial charge in [0.25, 0.3) is 0 Å². The third-order valence-corrected chi connectivity index (χ3v) is 4.04. The highest BCUT2D eigenvalue weighted by Crippen LogP contribution is 2.40. The third-order valence-electron chi connectivity index (χ3n) is 3.75. The van der Waals surface area contributed by atoms with Crippen molar-refractivity contribution in [3.63, 3.8) is 0 Å². The number of anilines is 2. The topological polar surface area (TPSA) is 65.7 Å². The van der Waals surface area contributed by atoms with Crippen molar-refractivity contribution in [1.29, 1.82) is 0 Å². The maximum atomic E-state index is 6.23. The van der Waals surface area contributed by atoms with Gasteiger partial charge >= 0.3 is 0 Å². The normalized spacial score (nSPS) is 15.8. The molecule has 1 aliphatic rings. The highest BCUT2D eigenvalue weighted by Gasteiger charge is 2.22. The second-order valence-corrected chi connectivity index (χ2v) is 5.92. The first kappa shape index (κ1) is 16.3. The van der Waals surface area contributed by atoms with E-state index in [1.54, 1.807) is 32.4 Å². The lowest BCUT2D eigenvalue weighted by Crippen LogP contribution is -2.20. The van der Waals surface area contributed by atoms with Crippen molar-refractivity contribution in [2.45, 2.75) is 13.0 Å². The van der Waals surface area contributed by atoms with E-state index in [1.165, 1.54) is 0 Å². The van der Waals surface area contributed by atoms with Crippen LogP contribution < -0.4 is 25.3 Å². The van der Waals surface area contributed by atoms with E-state index in [0.29, 0.717) is 33.7 Å². The van der Waals surface area contributed by atoms with Crippen LogP contribution in [0.2, 0.25) is 5.02 Å². The SMILES string of the molecule is COc1cc2c(cc1OC)C(Oc1ccc(N)cc1Cl)=CC(C)N2. The van der Waals surface area contributed by atoms with E-state index < -0.39 is 0 Å². The molecule has 0 amide bonds. The minimum Gasteiger partial charge on any atom is -0.493 e. The first-order valence-corrected chi connectivity index (χ1v) is 7.87. The van der Waals surface area contributed by atoms with E-state index in [0.717, 1.165) is 11.3 Å². The summed E-state index contributed by atoms with van der Waals surface area (Å²) in [7, 11) is 3.21. The Labute approximate surface area is 146 Å². The van der Waals surface area contributed by atoms with Crippen LogP contribution in [0, 0.1) is 0 Å². The van der Waals surface area contributed by atoms with E-state index in [9.17, 15) is 0 Å². The van der Waals surface area contributed by atoms with Crippen LogP contribution >= 0.6 is 11.6 Å². The molecule has 5 nitrogen and oxygen atoms in total. The Balaban J connectivity index is 2.03. The molecular weight excluding hydrogens is 328 g/mol. The summed E-state index contributed by atoms with van der Waals surface area (Å²) in [5.41, 5.74) is 8.10. The van der Waals surface area contributed by atoms with Crippen molar-refractivity contribution in [2.24, 2.45) is 0 Å². The van der Waals surface area contributed by atoms with Crippen LogP contribution in [-0.2, 0) is 0 Å². The zero-order valence-corrected chi connectivity index (χ0v) is 14.5. The molecule has 1 atom stereocenters. The summed E-state index contributed by atoms with van der Waals surface area (Å²) in [6.45, 7) is 2.04. The molecule has 6 heteroatoms. The van der Waals surface area contributed by atoms with Crippen molar-refractivity contribution in [3.05, 3.63) is 47.0 Å². The number of ether oxygens (including phenoxy) is 3. The van der Waals surface area contributed by atoms with Gasteiger partial charge in [-0.1, -0.05) is 11.6 Å². The zero-order chi connectivity index (χ0) is 17.3. The van der Waals surface area contributed by atoms with Gasteiger partial charge < -0.3 is 25.3 Å². The van der Waals surface area contributed by atoms with Gasteiger partial charge in [-0.25, -0.2) is 0 Å². The van der Waals surface area contributed by atoms with Gasteiger partial charge in [-0.15, -0.1) is 0 Å². The zero-order valence-electron chi connectivity index (χ0n) is 13.7. The fourth-order valence-electron chi connectivity index (χ4n) is 2.61. The smallest absolute Gasteiger partial charge is 0.162 e. The Hall–Kier alpha value is -2.53. The largest absolute Gasteiger partial charge is 0.493 e. The van der Waals surface area contributed by atoms with Crippen LogP contribution in [0.3, 0.4) is 0 Å². The molecular formula is C18H19ClN2O3. The summed E-state index contributed by atoms with van der Waals surface area (Å²) in [6.07, 6.45) is 1.99. The summed E-state index contributed by atoms with van der Waals surface area (Å²) in [5, 5.41) is 3.84. The lowest BCUT2D eigenvalue weighted by atomic mass is 10.0. The molecule has 0 aliphatic carbocycles. The van der Waals surface area contributed by atoms with Crippen LogP contribution in [-0.4, -0.2) is 20.3 Å². The summed E-state index contributed by atoms with van der Waals surface area (Å²) in [4.78, 5) is 0. The highest BCUT2D eigenvalue weighted by atomic mass is 35.5. The van der Waals surface area contributed by atoms with Crippen LogP contribution in [0.25, 0.3) is 5.76 Å². The van der Waals surface area contributed by atoms with Gasteiger partial charge in [0.1, 0.15) is 11.5 Å². The lowest BCUT2D eigenvalue weighted by Gasteiger charge is -2.25. The molecule has 0 saturated heterocycles. The maximum Gasteiger partial charge on any atom is 0.162 e. The molecule has 1 unspecified atom stereocenters. The molecule has 1 aliphatic heterocycles. The number of nitrogens with one attached hydrogen (secondary N) is 1. The van der Waals surface area contributed by atoms with Gasteiger partial charge in [0.05, 0.1) is 19.2 Å². The van der Waals surface area contributed by atoms with Gasteiger partial charge in [0.15, 0.2) is 11.5 Å². The molecule has 2 aromatic carbocycles. The van der Waals surface area contributed by atoms with Gasteiger partial charge in [-0.2, -0.15) is 0 Å². The van der Waals surface area contributed by atoms with E-state index in [2.05, 4.69) is 5.32 Å². The van der Waals surface area contributed by atoms with Gasteiger partial charge in [0, 0.05) is 29.0 Å². The molecule has 3 rings (SSSR count). The van der Waals surface area contributed by atoms with Crippen LogP contribution in [0.15, 0.2) is 36.4 Å². The van der Waals surface area contributed by atoms with Crippen LogP contribution in [0.5, 0.6) is 17.2 Å². The summed E-state index contributed by atoms with van der Waals surface area (Å²) in [5.74, 6) is 2.53. The number of methoxy groups -OCH3 is 2. The van der Waals surface area contributed by atoms with Crippen molar-refractivity contribution < 1.29 is 14.2 Å². The van der Waals surface area contributed by atoms with Gasteiger partial charge in [0.2, 0.25) is 0 Å². The fourth-order valence-corrected chi connectivity index (χ4v) is 2.84. The Bertz CT molecular complexity index is 805. The first-order chi connectivity index (χ1) is 11.5. The third kappa shape index (κ3) is 3.08. The monoisotopic (exact) mass is 346 g/mol. The molecule has 3 N–H and O–H groups in total. The summed E-state index contributed by atoms with van der Waals surface area (Å²) in [6, 6.07) is 9.04. The molecule has 0 spiro atoms. The average molecular weight is 347 g/mol. The van der Waals surface area contributed by atoms with Gasteiger partial charge in [-0.05, 0) is 37.3 Å². The number of fused-ring (bicyclic) bond motifs is 1. The number of benzene rings is 2. The number of hydrogen-bond acceptors (Lipinski definition) is 5. The Kier molecular flexibility index (Phi) is 4.44. The van der Waals surface area contributed by atoms with E-state index >= 15 is 0 Å². The molecule has 24 heavy (non-hydrogen) atoms. The predicted octanol–water partition coefficient (Wildman–Crippen LogP) is 4.17. The van der Waals surface area contributed by atoms with Crippen molar-refractivity contribution >= 4 is 28.7 Å². The standard InChI is InChI=1S/C18H19ClN2O3/c1-10-6-16(24-15-5-4-11(20)7-13(15)19)12-8-17(22-2)18(23-3)9-14(12)21-10/h4-10,21H,20H2,1-3H3. The minimum atomic E-state index is 0.0955. The summed E-state index contributed by atoms with van der Waals surface area (Å²) >= 11 is 6.23. The summed E-state index contributed by atoms with van der Waals surface area (Å²) < 4.78 is 16.8. The number of rotatable bonds is 4. The molecule has 0 aromatic heterocycles. The molecule has 0 bridgehead atoms. The van der Waals surface area contributed by atoms with Crippen molar-refractivity contribution in [2.75, 3.05) is 25.3 Å². The van der Waals surface area contributed by atoms with Crippen LogP contribution in [0.1, 0.15) is 12.5 Å². The Morgan fingerprint density at radius 2 is 1.75 bits per heavy atom. The van der Waals surface area contributed by atoms with E-state index in [-0.39, 0.29) is 6.04 Å². The second kappa shape index (κ2) is 6.53. The maximum absolute atomic E-state index is 6.23. The first-order valence-electron chi connectivity index (χ1n) is 7.49. The molecule has 1 heterocycles. The lowest BCUT2D eigenvalue weighted by molar-refractivity contribution is 0.354. The molecule has 126 valence electrons. The van der Waals surface area contributed by atoms with E-state index in [1.807, 2.05) is 25.1 Å². The van der Waals surface area contributed by atoms with E-state index in [4.69, 9.17) is 31.5 Å². The highest BCUT2D eigenvalue weighted by molar-refractivity contribution is 6.32. The van der Waals surface area contributed by atoms with Crippen LogP contribution in [0.4, 0.5) is 11.4 Å². The number of hydrogen-bond donors (Lipinski definition) is 2. The number of nitrogens with two attached hydrogens (primary N) is 1. The van der Waals surface area contributed by atoms with Crippen molar-refractivity contribution in [3.8, 4) is 17.2 Å². The molecule has 0 saturated carbocycles. The second-order valence-electron chi connectivity index (χ2n) is 5.51. The predicted molar refractivity (Wildman–Crippen MR) is 97.1 cm³/mol. The molecule has 0 fully saturated rings. The molecule has 0 radical (unpaired) electrons. The average Bonchev–Trinajstić information content (AvgIpc) is 2.56. The fraction of sp³-hybridized carbons (Fsp3) is 0.222. The number of nitrogen functional groups attached to an aromatic ring is 1. The van der Waals surface area contributed by atoms with Crippen molar-refractivity contribution in [1.82, 2.24) is 0 Å². The van der Waals surface area contributed by atoms with Gasteiger partial charge in [-0.3, -0.25) is 0 Å². The minimum absolute atomic E-state index is 0.0955. The quantitative estimate of drug-likeness (QED) is 0.813. The number of halogens is 1. The Morgan fingerprint density at radius 3 is 2.42 bits per heavy atom. The molecule has 2 aromatic rings.